The number of nitrogens with zero attached hydrogens (tertiary/aromatic N) is 3. The molecule has 0 aliphatic carbocycles. The number of hydrogen-bond donors (Lipinski definition) is 3. The molecule has 0 saturated carbocycles. The third kappa shape index (κ3) is 2.57. The second kappa shape index (κ2) is 5.01. The number of tetrazole rings is 1. The molecular formula is C10H10ClN5O2. The summed E-state index contributed by atoms with van der Waals surface area (Å²) in [6.07, 6.45) is 0. The Bertz CT molecular complexity index is 557. The molecule has 1 heterocycles. The number of H-pyrrole nitrogens is 1. The Labute approximate surface area is 107 Å². The Morgan fingerprint density at radius 2 is 2.33 bits per heavy atom. The first kappa shape index (κ1) is 12.3. The largest absolute Gasteiger partial charge is 0.507 e. The lowest BCUT2D eigenvalue weighted by molar-refractivity contribution is 0.0935. The second-order valence-electron chi connectivity index (χ2n) is 3.63. The van der Waals surface area contributed by atoms with E-state index >= 15 is 0 Å². The molecule has 1 aromatic carbocycles. The molecule has 18 heavy (non-hydrogen) atoms. The summed E-state index contributed by atoms with van der Waals surface area (Å²) in [7, 11) is 0. The first-order valence-electron chi connectivity index (χ1n) is 5.10. The summed E-state index contributed by atoms with van der Waals surface area (Å²) in [5.41, 5.74) is 0.134. The fourth-order valence-electron chi connectivity index (χ4n) is 1.39. The minimum atomic E-state index is -0.443. The molecule has 7 nitrogen and oxygen atoms in total. The van der Waals surface area contributed by atoms with Gasteiger partial charge in [-0.15, -0.1) is 10.2 Å². The number of carbonyl (C=O) groups excluding carboxylic acids is 1. The Morgan fingerprint density at radius 3 is 2.94 bits per heavy atom. The Kier molecular flexibility index (Phi) is 3.42. The van der Waals surface area contributed by atoms with Crippen molar-refractivity contribution in [3.05, 3.63) is 34.6 Å². The summed E-state index contributed by atoms with van der Waals surface area (Å²) in [6, 6.07) is 3.84. The van der Waals surface area contributed by atoms with Gasteiger partial charge in [-0.25, -0.2) is 0 Å². The van der Waals surface area contributed by atoms with E-state index < -0.39 is 11.9 Å². The van der Waals surface area contributed by atoms with Crippen LogP contribution in [0.5, 0.6) is 5.75 Å². The van der Waals surface area contributed by atoms with Gasteiger partial charge in [0.2, 0.25) is 0 Å². The Morgan fingerprint density at radius 1 is 1.56 bits per heavy atom. The molecule has 0 saturated heterocycles. The number of rotatable bonds is 3. The van der Waals surface area contributed by atoms with Crippen LogP contribution in [0.15, 0.2) is 18.2 Å². The van der Waals surface area contributed by atoms with Crippen molar-refractivity contribution in [3.63, 3.8) is 0 Å². The lowest BCUT2D eigenvalue weighted by atomic mass is 10.1. The van der Waals surface area contributed by atoms with E-state index in [2.05, 4.69) is 25.9 Å². The molecule has 1 atom stereocenters. The van der Waals surface area contributed by atoms with Crippen molar-refractivity contribution in [2.75, 3.05) is 0 Å². The maximum absolute atomic E-state index is 11.9. The van der Waals surface area contributed by atoms with Crippen molar-refractivity contribution >= 4 is 17.5 Å². The van der Waals surface area contributed by atoms with Crippen LogP contribution >= 0.6 is 11.6 Å². The second-order valence-corrected chi connectivity index (χ2v) is 4.06. The van der Waals surface area contributed by atoms with Gasteiger partial charge in [0.05, 0.1) is 11.6 Å². The monoisotopic (exact) mass is 267 g/mol. The molecule has 0 fully saturated rings. The molecule has 2 aromatic rings. The predicted octanol–water partition coefficient (Wildman–Crippen LogP) is 1.05. The molecular weight excluding hydrogens is 258 g/mol. The van der Waals surface area contributed by atoms with Crippen molar-refractivity contribution in [1.29, 1.82) is 0 Å². The number of aromatic hydroxyl groups is 1. The van der Waals surface area contributed by atoms with E-state index in [0.717, 1.165) is 0 Å². The number of hydrogen-bond acceptors (Lipinski definition) is 5. The van der Waals surface area contributed by atoms with E-state index in [-0.39, 0.29) is 11.3 Å². The van der Waals surface area contributed by atoms with Gasteiger partial charge in [-0.05, 0) is 25.1 Å². The van der Waals surface area contributed by atoms with Crippen molar-refractivity contribution in [1.82, 2.24) is 25.9 Å². The summed E-state index contributed by atoms with van der Waals surface area (Å²) in [6.45, 7) is 1.70. The van der Waals surface area contributed by atoms with Crippen molar-refractivity contribution in [3.8, 4) is 5.75 Å². The minimum Gasteiger partial charge on any atom is -0.507 e. The highest BCUT2D eigenvalue weighted by Crippen LogP contribution is 2.22. The number of benzene rings is 1. The summed E-state index contributed by atoms with van der Waals surface area (Å²) in [4.78, 5) is 11.9. The van der Waals surface area contributed by atoms with Crippen LogP contribution in [0, 0.1) is 0 Å². The molecule has 1 amide bonds. The lowest BCUT2D eigenvalue weighted by Crippen LogP contribution is -2.27. The maximum atomic E-state index is 11.9. The van der Waals surface area contributed by atoms with Crippen LogP contribution < -0.4 is 5.32 Å². The third-order valence-electron chi connectivity index (χ3n) is 2.30. The zero-order chi connectivity index (χ0) is 13.1. The molecule has 1 unspecified atom stereocenters. The van der Waals surface area contributed by atoms with Gasteiger partial charge < -0.3 is 10.4 Å². The van der Waals surface area contributed by atoms with Crippen LogP contribution in [0.1, 0.15) is 29.1 Å². The number of aromatic nitrogens is 4. The van der Waals surface area contributed by atoms with Crippen LogP contribution in [0.25, 0.3) is 0 Å². The first-order chi connectivity index (χ1) is 8.58. The first-order valence-corrected chi connectivity index (χ1v) is 5.48. The molecule has 0 radical (unpaired) electrons. The minimum absolute atomic E-state index is 0.134. The topological polar surface area (TPSA) is 104 Å². The summed E-state index contributed by atoms with van der Waals surface area (Å²) < 4.78 is 0. The maximum Gasteiger partial charge on any atom is 0.255 e. The fraction of sp³-hybridized carbons (Fsp3) is 0.200. The Hall–Kier alpha value is -2.15. The molecule has 0 aliphatic rings. The van der Waals surface area contributed by atoms with Gasteiger partial charge in [0.25, 0.3) is 5.91 Å². The van der Waals surface area contributed by atoms with E-state index in [9.17, 15) is 9.90 Å². The van der Waals surface area contributed by atoms with Crippen LogP contribution in [0.3, 0.4) is 0 Å². The van der Waals surface area contributed by atoms with Gasteiger partial charge in [0.15, 0.2) is 5.82 Å². The fourth-order valence-corrected chi connectivity index (χ4v) is 1.56. The molecule has 0 bridgehead atoms. The van der Waals surface area contributed by atoms with E-state index in [1.807, 2.05) is 0 Å². The molecule has 2 rings (SSSR count). The van der Waals surface area contributed by atoms with Crippen molar-refractivity contribution in [2.24, 2.45) is 0 Å². The highest BCUT2D eigenvalue weighted by atomic mass is 35.5. The molecule has 1 aromatic heterocycles. The third-order valence-corrected chi connectivity index (χ3v) is 2.54. The van der Waals surface area contributed by atoms with Gasteiger partial charge >= 0.3 is 0 Å². The quantitative estimate of drug-likeness (QED) is 0.771. The van der Waals surface area contributed by atoms with Gasteiger partial charge in [0, 0.05) is 5.02 Å². The van der Waals surface area contributed by atoms with Crippen LogP contribution in [-0.4, -0.2) is 31.6 Å². The van der Waals surface area contributed by atoms with E-state index in [0.29, 0.717) is 10.8 Å². The number of phenolic OH excluding ortho intramolecular Hbond substituents is 1. The number of carbonyl (C=O) groups is 1. The predicted molar refractivity (Wildman–Crippen MR) is 63.2 cm³/mol. The van der Waals surface area contributed by atoms with Crippen molar-refractivity contribution in [2.45, 2.75) is 13.0 Å². The number of aromatic amines is 1. The SMILES string of the molecule is CC(NC(=O)c1ccc(Cl)cc1O)c1nn[nH]n1. The molecule has 0 spiro atoms. The van der Waals surface area contributed by atoms with Gasteiger partial charge in [-0.3, -0.25) is 4.79 Å². The van der Waals surface area contributed by atoms with Gasteiger partial charge in [-0.1, -0.05) is 16.8 Å². The average Bonchev–Trinajstić information content (AvgIpc) is 2.81. The normalized spacial score (nSPS) is 12.1. The smallest absolute Gasteiger partial charge is 0.255 e. The van der Waals surface area contributed by atoms with E-state index in [4.69, 9.17) is 11.6 Å². The number of amides is 1. The van der Waals surface area contributed by atoms with Crippen LogP contribution in [0.2, 0.25) is 5.02 Å². The standard InChI is InChI=1S/C10H10ClN5O2/c1-5(9-13-15-16-14-9)12-10(18)7-3-2-6(11)4-8(7)17/h2-5,17H,1H3,(H,12,18)(H,13,14,15,16). The lowest BCUT2D eigenvalue weighted by Gasteiger charge is -2.10. The molecule has 3 N–H and O–H groups in total. The summed E-state index contributed by atoms with van der Waals surface area (Å²) >= 11 is 5.68. The zero-order valence-corrected chi connectivity index (χ0v) is 10.1. The summed E-state index contributed by atoms with van der Waals surface area (Å²) in [5, 5.41) is 25.8. The highest BCUT2D eigenvalue weighted by molar-refractivity contribution is 6.30. The van der Waals surface area contributed by atoms with E-state index in [1.165, 1.54) is 18.2 Å². The summed E-state index contributed by atoms with van der Waals surface area (Å²) in [5.74, 6) is -0.265. The van der Waals surface area contributed by atoms with Crippen LogP contribution in [0.4, 0.5) is 0 Å². The van der Waals surface area contributed by atoms with Crippen LogP contribution in [-0.2, 0) is 0 Å². The number of halogens is 1. The molecule has 94 valence electrons. The van der Waals surface area contributed by atoms with Gasteiger partial charge in [-0.2, -0.15) is 5.21 Å². The zero-order valence-electron chi connectivity index (χ0n) is 9.38. The van der Waals surface area contributed by atoms with Crippen molar-refractivity contribution < 1.29 is 9.90 Å². The highest BCUT2D eigenvalue weighted by Gasteiger charge is 2.17. The molecule has 8 heteroatoms. The van der Waals surface area contributed by atoms with E-state index in [1.54, 1.807) is 6.92 Å². The van der Waals surface area contributed by atoms with Gasteiger partial charge in [0.1, 0.15) is 5.75 Å². The Balaban J connectivity index is 2.12. The average molecular weight is 268 g/mol. The number of phenols is 1. The molecule has 0 aliphatic heterocycles. The number of nitrogens with one attached hydrogen (secondary N) is 2.